The van der Waals surface area contributed by atoms with Crippen molar-refractivity contribution >= 4 is 76.1 Å². The molecule has 7 N–H and O–H groups in total. The Hall–Kier alpha value is -7.52. The molecule has 57 heavy (non-hydrogen) atoms. The third-order valence-electron chi connectivity index (χ3n) is 8.54. The maximum absolute atomic E-state index is 13.2. The molecule has 0 saturated heterocycles. The molecule has 0 aliphatic heterocycles. The smallest absolute Gasteiger partial charge is 0.372 e. The Morgan fingerprint density at radius 1 is 0.596 bits per heavy atom. The van der Waals surface area contributed by atoms with Gasteiger partial charge in [-0.3, -0.25) is 28.8 Å². The minimum Gasteiger partial charge on any atom is -0.475 e. The summed E-state index contributed by atoms with van der Waals surface area (Å²) < 4.78 is 7.39. The van der Waals surface area contributed by atoms with Crippen LogP contribution in [0.15, 0.2) is 49.3 Å². The molecule has 5 aromatic rings. The molecule has 0 aliphatic carbocycles. The van der Waals surface area contributed by atoms with Gasteiger partial charge in [0.2, 0.25) is 35.3 Å². The van der Waals surface area contributed by atoms with Gasteiger partial charge in [-0.1, -0.05) is 13.8 Å². The number of carboxylic acids is 1. The molecule has 6 amide bonds. The van der Waals surface area contributed by atoms with Crippen LogP contribution in [0.25, 0.3) is 0 Å². The molecule has 0 saturated carbocycles. The van der Waals surface area contributed by atoms with Gasteiger partial charge in [0.1, 0.15) is 11.6 Å². The van der Waals surface area contributed by atoms with E-state index in [1.54, 1.807) is 80.4 Å². The quantitative estimate of drug-likeness (QED) is 0.0807. The van der Waals surface area contributed by atoms with Crippen LogP contribution < -0.4 is 31.9 Å². The molecule has 0 bridgehead atoms. The van der Waals surface area contributed by atoms with E-state index in [2.05, 4.69) is 46.9 Å². The lowest BCUT2D eigenvalue weighted by molar-refractivity contribution is -0.129. The van der Waals surface area contributed by atoms with Gasteiger partial charge in [0, 0.05) is 104 Å². The third-order valence-corrected chi connectivity index (χ3v) is 8.54. The van der Waals surface area contributed by atoms with Crippen molar-refractivity contribution in [3.8, 4) is 0 Å². The average Bonchev–Trinajstić information content (AvgIpc) is 3.93. The SMILES string of the molecule is Cn1cc(NC(=O)c2nccn2C)cc1NC(=O)CCC(=O)Nc1cn(C)c(C(=O)Nc2cc(NC(=O)C(C)(C)CC(=O)Nc3cn(C)c(C(=O)O)n3)n(C)c2)n1. The largest absolute Gasteiger partial charge is 0.475 e. The highest BCUT2D eigenvalue weighted by molar-refractivity contribution is 6.05. The molecule has 0 spiro atoms. The highest BCUT2D eigenvalue weighted by Crippen LogP contribution is 2.26. The van der Waals surface area contributed by atoms with Crippen LogP contribution in [0.1, 0.15) is 65.0 Å². The molecule has 0 unspecified atom stereocenters. The third kappa shape index (κ3) is 9.97. The number of carboxylic acid groups (broad SMARTS) is 1. The van der Waals surface area contributed by atoms with Crippen LogP contribution in [0.2, 0.25) is 0 Å². The number of aromatic nitrogens is 8. The lowest BCUT2D eigenvalue weighted by Gasteiger charge is -2.22. The number of carbonyl (C=O) groups is 7. The van der Waals surface area contributed by atoms with Gasteiger partial charge in [-0.25, -0.2) is 19.7 Å². The van der Waals surface area contributed by atoms with Gasteiger partial charge in [0.25, 0.3) is 11.8 Å². The Balaban J connectivity index is 1.09. The number of rotatable bonds is 15. The summed E-state index contributed by atoms with van der Waals surface area (Å²) in [7, 11) is 8.05. The summed E-state index contributed by atoms with van der Waals surface area (Å²) in [4.78, 5) is 100. The van der Waals surface area contributed by atoms with Crippen molar-refractivity contribution in [1.82, 2.24) is 37.8 Å². The number of aromatic carboxylic acids is 1. The molecule has 0 aromatic carbocycles. The van der Waals surface area contributed by atoms with Crippen molar-refractivity contribution in [1.29, 1.82) is 0 Å². The van der Waals surface area contributed by atoms with E-state index in [1.807, 2.05) is 0 Å². The van der Waals surface area contributed by atoms with Gasteiger partial charge in [0.05, 0.1) is 16.8 Å². The summed E-state index contributed by atoms with van der Waals surface area (Å²) in [6.45, 7) is 3.13. The lowest BCUT2D eigenvalue weighted by atomic mass is 9.88. The van der Waals surface area contributed by atoms with E-state index < -0.39 is 46.8 Å². The number of amides is 6. The molecule has 5 rings (SSSR count). The first-order valence-electron chi connectivity index (χ1n) is 17.2. The molecule has 0 atom stereocenters. The number of nitrogens with zero attached hydrogens (tertiary/aromatic N) is 8. The Bertz CT molecular complexity index is 2390. The summed E-state index contributed by atoms with van der Waals surface area (Å²) in [5.41, 5.74) is -0.444. The van der Waals surface area contributed by atoms with Crippen LogP contribution in [-0.4, -0.2) is 84.3 Å². The first kappa shape index (κ1) is 40.7. The van der Waals surface area contributed by atoms with Gasteiger partial charge < -0.3 is 59.8 Å². The molecular formula is C35H42N14O8. The van der Waals surface area contributed by atoms with E-state index in [-0.39, 0.29) is 48.4 Å². The van der Waals surface area contributed by atoms with Crippen LogP contribution in [0, 0.1) is 5.41 Å². The fraction of sp³-hybridized carbons (Fsp3) is 0.314. The highest BCUT2D eigenvalue weighted by atomic mass is 16.4. The number of carbonyl (C=O) groups excluding carboxylic acids is 6. The number of imidazole rings is 3. The minimum atomic E-state index is -1.26. The summed E-state index contributed by atoms with van der Waals surface area (Å²) >= 11 is 0. The molecular weight excluding hydrogens is 744 g/mol. The van der Waals surface area contributed by atoms with Crippen LogP contribution in [0.4, 0.5) is 34.6 Å². The second-order valence-corrected chi connectivity index (χ2v) is 13.8. The van der Waals surface area contributed by atoms with Crippen LogP contribution in [0.5, 0.6) is 0 Å². The maximum atomic E-state index is 13.2. The number of hydrogen-bond donors (Lipinski definition) is 7. The molecule has 0 aliphatic rings. The molecule has 0 radical (unpaired) electrons. The number of nitrogens with one attached hydrogen (secondary N) is 6. The average molecular weight is 787 g/mol. The van der Waals surface area contributed by atoms with Crippen molar-refractivity contribution in [2.24, 2.45) is 40.7 Å². The van der Waals surface area contributed by atoms with Gasteiger partial charge in [-0.2, -0.15) is 0 Å². The molecule has 5 heterocycles. The summed E-state index contributed by atoms with van der Waals surface area (Å²) in [6.07, 6.45) is 8.51. The van der Waals surface area contributed by atoms with Gasteiger partial charge in [-0.05, 0) is 0 Å². The monoisotopic (exact) mass is 786 g/mol. The first-order chi connectivity index (χ1) is 26.8. The summed E-state index contributed by atoms with van der Waals surface area (Å²) in [5, 5.41) is 25.1. The van der Waals surface area contributed by atoms with Crippen molar-refractivity contribution in [3.63, 3.8) is 0 Å². The summed E-state index contributed by atoms with van der Waals surface area (Å²) in [6, 6.07) is 3.09. The van der Waals surface area contributed by atoms with Crippen molar-refractivity contribution in [2.75, 3.05) is 31.9 Å². The fourth-order valence-electron chi connectivity index (χ4n) is 5.53. The maximum Gasteiger partial charge on any atom is 0.372 e. The molecule has 5 aromatic heterocycles. The van der Waals surface area contributed by atoms with E-state index in [4.69, 9.17) is 0 Å². The predicted octanol–water partition coefficient (Wildman–Crippen LogP) is 2.12. The fourth-order valence-corrected chi connectivity index (χ4v) is 5.53. The topological polar surface area (TPSA) is 275 Å². The molecule has 22 nitrogen and oxygen atoms in total. The van der Waals surface area contributed by atoms with E-state index >= 15 is 0 Å². The van der Waals surface area contributed by atoms with E-state index in [1.165, 1.54) is 40.8 Å². The molecule has 0 fully saturated rings. The predicted molar refractivity (Wildman–Crippen MR) is 205 cm³/mol. The Kier molecular flexibility index (Phi) is 11.7. The second kappa shape index (κ2) is 16.5. The number of hydrogen-bond acceptors (Lipinski definition) is 10. The van der Waals surface area contributed by atoms with E-state index in [0.29, 0.717) is 23.0 Å². The van der Waals surface area contributed by atoms with Gasteiger partial charge in [-0.15, -0.1) is 0 Å². The van der Waals surface area contributed by atoms with Crippen LogP contribution in [0.3, 0.4) is 0 Å². The molecule has 22 heteroatoms. The minimum absolute atomic E-state index is 0.0346. The van der Waals surface area contributed by atoms with Crippen LogP contribution in [-0.2, 0) is 54.4 Å². The standard InChI is InChI=1S/C35H42N14O8/c1-35(2,14-27(52)40-22-18-49(7)30(42-22)33(55)56)34(57)44-24-13-20(16-47(24)5)38-32(54)29-41-21(17-48(29)6)39-25(50)8-9-26(51)43-23-12-19(15-46(23)4)37-31(53)28-36-10-11-45(28)3/h10-13,15-18H,8-9,14H2,1-7H3,(H,37,53)(H,38,54)(H,39,50)(H,40,52)(H,43,51)(H,44,57)(H,55,56). The van der Waals surface area contributed by atoms with Crippen molar-refractivity contribution in [3.05, 3.63) is 66.8 Å². The second-order valence-electron chi connectivity index (χ2n) is 13.8. The Labute approximate surface area is 324 Å². The summed E-state index contributed by atoms with van der Waals surface area (Å²) in [5.74, 6) is -3.54. The number of aryl methyl sites for hydroxylation is 5. The zero-order valence-corrected chi connectivity index (χ0v) is 32.1. The molecule has 300 valence electrons. The number of anilines is 6. The van der Waals surface area contributed by atoms with Crippen molar-refractivity contribution in [2.45, 2.75) is 33.1 Å². The zero-order valence-electron chi connectivity index (χ0n) is 32.1. The van der Waals surface area contributed by atoms with Crippen LogP contribution >= 0.6 is 0 Å². The normalized spacial score (nSPS) is 11.1. The highest BCUT2D eigenvalue weighted by Gasteiger charge is 2.32. The Morgan fingerprint density at radius 3 is 1.61 bits per heavy atom. The van der Waals surface area contributed by atoms with Gasteiger partial charge >= 0.3 is 5.97 Å². The van der Waals surface area contributed by atoms with Gasteiger partial charge in [0.15, 0.2) is 17.5 Å². The van der Waals surface area contributed by atoms with Crippen molar-refractivity contribution < 1.29 is 38.7 Å². The lowest BCUT2D eigenvalue weighted by Crippen LogP contribution is -2.35. The zero-order chi connectivity index (χ0) is 41.8. The first-order valence-corrected chi connectivity index (χ1v) is 17.2. The van der Waals surface area contributed by atoms with E-state index in [0.717, 1.165) is 0 Å². The van der Waals surface area contributed by atoms with E-state index in [9.17, 15) is 38.7 Å². The Morgan fingerprint density at radius 2 is 1.09 bits per heavy atom.